The lowest BCUT2D eigenvalue weighted by Gasteiger charge is -2.35. The Kier molecular flexibility index (Phi) is 6.30. The SMILES string of the molecule is COc1cc(C2=CN(C(=O)c3ccccc3)C(C(C)C)C(=O)N2)cc(OC)c1OC. The minimum absolute atomic E-state index is 0.0737. The number of amides is 2. The second-order valence-electron chi connectivity index (χ2n) is 7.21. The van der Waals surface area contributed by atoms with Crippen LogP contribution in [-0.2, 0) is 4.79 Å². The summed E-state index contributed by atoms with van der Waals surface area (Å²) < 4.78 is 16.2. The number of nitrogens with zero attached hydrogens (tertiary/aromatic N) is 1. The lowest BCUT2D eigenvalue weighted by Crippen LogP contribution is -2.53. The minimum Gasteiger partial charge on any atom is -0.493 e. The predicted octanol–water partition coefficient (Wildman–Crippen LogP) is 3.31. The summed E-state index contributed by atoms with van der Waals surface area (Å²) in [5, 5.41) is 2.92. The number of benzene rings is 2. The molecule has 0 saturated carbocycles. The maximum Gasteiger partial charge on any atom is 0.258 e. The summed E-state index contributed by atoms with van der Waals surface area (Å²) in [5.74, 6) is 0.789. The van der Waals surface area contributed by atoms with Crippen LogP contribution in [0, 0.1) is 5.92 Å². The standard InChI is InChI=1S/C23H26N2O5/c1-14(2)20-22(26)24-17(13-25(20)23(27)15-9-7-6-8-10-15)16-11-18(28-3)21(30-5)19(12-16)29-4/h6-14,20H,1-5H3,(H,24,26). The van der Waals surface area contributed by atoms with Crippen LogP contribution < -0.4 is 19.5 Å². The zero-order valence-corrected chi connectivity index (χ0v) is 17.8. The van der Waals surface area contributed by atoms with E-state index < -0.39 is 6.04 Å². The fraction of sp³-hybridized carbons (Fsp3) is 0.304. The zero-order valence-electron chi connectivity index (χ0n) is 17.8. The number of hydrogen-bond donors (Lipinski definition) is 1. The van der Waals surface area contributed by atoms with Crippen LogP contribution in [0.2, 0.25) is 0 Å². The van der Waals surface area contributed by atoms with Crippen molar-refractivity contribution >= 4 is 17.5 Å². The molecule has 0 saturated heterocycles. The Morgan fingerprint density at radius 3 is 2.10 bits per heavy atom. The third kappa shape index (κ3) is 3.96. The molecule has 2 amide bonds. The lowest BCUT2D eigenvalue weighted by molar-refractivity contribution is -0.125. The number of ether oxygens (including phenoxy) is 3. The van der Waals surface area contributed by atoms with Gasteiger partial charge >= 0.3 is 0 Å². The molecule has 0 bridgehead atoms. The Bertz CT molecular complexity index is 944. The van der Waals surface area contributed by atoms with Gasteiger partial charge in [0.2, 0.25) is 11.7 Å². The van der Waals surface area contributed by atoms with E-state index in [1.165, 1.54) is 26.2 Å². The maximum atomic E-state index is 13.2. The predicted molar refractivity (Wildman–Crippen MR) is 113 cm³/mol. The van der Waals surface area contributed by atoms with Gasteiger partial charge in [0.25, 0.3) is 5.91 Å². The van der Waals surface area contributed by atoms with Gasteiger partial charge in [-0.15, -0.1) is 0 Å². The van der Waals surface area contributed by atoms with E-state index in [-0.39, 0.29) is 17.7 Å². The van der Waals surface area contributed by atoms with E-state index in [1.54, 1.807) is 42.6 Å². The number of carbonyl (C=O) groups excluding carboxylic acids is 2. The quantitative estimate of drug-likeness (QED) is 0.791. The molecule has 7 nitrogen and oxygen atoms in total. The zero-order chi connectivity index (χ0) is 21.8. The highest BCUT2D eigenvalue weighted by Crippen LogP contribution is 2.40. The first-order chi connectivity index (χ1) is 14.4. The molecular formula is C23H26N2O5. The molecule has 1 aliphatic rings. The molecule has 3 rings (SSSR count). The van der Waals surface area contributed by atoms with Gasteiger partial charge in [-0.1, -0.05) is 32.0 Å². The highest BCUT2D eigenvalue weighted by atomic mass is 16.5. The van der Waals surface area contributed by atoms with E-state index in [0.717, 1.165) is 0 Å². The van der Waals surface area contributed by atoms with Gasteiger partial charge in [0.15, 0.2) is 11.5 Å². The largest absolute Gasteiger partial charge is 0.493 e. The van der Waals surface area contributed by atoms with Crippen molar-refractivity contribution in [3.8, 4) is 17.2 Å². The van der Waals surface area contributed by atoms with Crippen molar-refractivity contribution in [2.75, 3.05) is 21.3 Å². The van der Waals surface area contributed by atoms with Crippen molar-refractivity contribution in [1.82, 2.24) is 10.2 Å². The van der Waals surface area contributed by atoms with Gasteiger partial charge in [-0.3, -0.25) is 9.59 Å². The minimum atomic E-state index is -0.622. The molecule has 2 aromatic rings. The van der Waals surface area contributed by atoms with Crippen LogP contribution in [0.3, 0.4) is 0 Å². The number of methoxy groups -OCH3 is 3. The van der Waals surface area contributed by atoms with Gasteiger partial charge < -0.3 is 24.4 Å². The molecule has 158 valence electrons. The fourth-order valence-electron chi connectivity index (χ4n) is 3.51. The Morgan fingerprint density at radius 2 is 1.60 bits per heavy atom. The summed E-state index contributed by atoms with van der Waals surface area (Å²) in [5.41, 5.74) is 1.62. The second-order valence-corrected chi connectivity index (χ2v) is 7.21. The van der Waals surface area contributed by atoms with Crippen molar-refractivity contribution < 1.29 is 23.8 Å². The van der Waals surface area contributed by atoms with Gasteiger partial charge in [-0.2, -0.15) is 0 Å². The van der Waals surface area contributed by atoms with Gasteiger partial charge in [0.1, 0.15) is 6.04 Å². The average Bonchev–Trinajstić information content (AvgIpc) is 2.77. The molecule has 30 heavy (non-hydrogen) atoms. The van der Waals surface area contributed by atoms with Crippen molar-refractivity contribution in [3.63, 3.8) is 0 Å². The summed E-state index contributed by atoms with van der Waals surface area (Å²) in [6, 6.07) is 11.7. The van der Waals surface area contributed by atoms with E-state index in [1.807, 2.05) is 19.9 Å². The number of hydrogen-bond acceptors (Lipinski definition) is 5. The Balaban J connectivity index is 2.11. The fourth-order valence-corrected chi connectivity index (χ4v) is 3.51. The topological polar surface area (TPSA) is 77.1 Å². The first-order valence-corrected chi connectivity index (χ1v) is 9.62. The first kappa shape index (κ1) is 21.2. The highest BCUT2D eigenvalue weighted by Gasteiger charge is 2.36. The summed E-state index contributed by atoms with van der Waals surface area (Å²) >= 11 is 0. The van der Waals surface area contributed by atoms with Gasteiger partial charge in [0, 0.05) is 17.3 Å². The van der Waals surface area contributed by atoms with Crippen LogP contribution in [0.4, 0.5) is 0 Å². The third-order valence-corrected chi connectivity index (χ3v) is 4.96. The van der Waals surface area contributed by atoms with Crippen LogP contribution in [0.15, 0.2) is 48.7 Å². The van der Waals surface area contributed by atoms with Crippen LogP contribution >= 0.6 is 0 Å². The smallest absolute Gasteiger partial charge is 0.258 e. The molecule has 7 heteroatoms. The van der Waals surface area contributed by atoms with Crippen molar-refractivity contribution in [2.24, 2.45) is 5.92 Å². The molecule has 1 N–H and O–H groups in total. The summed E-state index contributed by atoms with van der Waals surface area (Å²) in [6.07, 6.45) is 1.67. The molecule has 1 unspecified atom stereocenters. The highest BCUT2D eigenvalue weighted by molar-refractivity contribution is 6.02. The van der Waals surface area contributed by atoms with Gasteiger partial charge in [-0.25, -0.2) is 0 Å². The Morgan fingerprint density at radius 1 is 1.00 bits per heavy atom. The third-order valence-electron chi connectivity index (χ3n) is 4.96. The van der Waals surface area contributed by atoms with Crippen LogP contribution in [0.25, 0.3) is 5.70 Å². The summed E-state index contributed by atoms with van der Waals surface area (Å²) in [7, 11) is 4.57. The van der Waals surface area contributed by atoms with Crippen LogP contribution in [-0.4, -0.2) is 44.1 Å². The molecule has 0 aromatic heterocycles. The van der Waals surface area contributed by atoms with Crippen molar-refractivity contribution in [2.45, 2.75) is 19.9 Å². The number of rotatable bonds is 6. The molecule has 0 spiro atoms. The number of nitrogens with one attached hydrogen (secondary N) is 1. The van der Waals surface area contributed by atoms with E-state index in [9.17, 15) is 9.59 Å². The van der Waals surface area contributed by atoms with E-state index in [0.29, 0.717) is 34.1 Å². The summed E-state index contributed by atoms with van der Waals surface area (Å²) in [4.78, 5) is 27.7. The second kappa shape index (κ2) is 8.90. The maximum absolute atomic E-state index is 13.2. The number of carbonyl (C=O) groups is 2. The summed E-state index contributed by atoms with van der Waals surface area (Å²) in [6.45, 7) is 3.82. The van der Waals surface area contributed by atoms with Crippen LogP contribution in [0.1, 0.15) is 29.8 Å². The first-order valence-electron chi connectivity index (χ1n) is 9.62. The Hall–Kier alpha value is -3.48. The Labute approximate surface area is 176 Å². The van der Waals surface area contributed by atoms with Crippen molar-refractivity contribution in [3.05, 3.63) is 59.8 Å². The average molecular weight is 410 g/mol. The molecule has 0 aliphatic carbocycles. The van der Waals surface area contributed by atoms with Gasteiger partial charge in [-0.05, 0) is 30.2 Å². The monoisotopic (exact) mass is 410 g/mol. The molecule has 0 radical (unpaired) electrons. The molecule has 1 aliphatic heterocycles. The molecule has 0 fully saturated rings. The van der Waals surface area contributed by atoms with E-state index in [4.69, 9.17) is 14.2 Å². The van der Waals surface area contributed by atoms with Crippen molar-refractivity contribution in [1.29, 1.82) is 0 Å². The molecule has 1 heterocycles. The molecular weight excluding hydrogens is 384 g/mol. The normalized spacial score (nSPS) is 16.1. The van der Waals surface area contributed by atoms with E-state index in [2.05, 4.69) is 5.32 Å². The van der Waals surface area contributed by atoms with E-state index >= 15 is 0 Å². The molecule has 1 atom stereocenters. The van der Waals surface area contributed by atoms with Crippen LogP contribution in [0.5, 0.6) is 17.2 Å². The van der Waals surface area contributed by atoms with Gasteiger partial charge in [0.05, 0.1) is 27.0 Å². The lowest BCUT2D eigenvalue weighted by atomic mass is 9.97. The molecule has 2 aromatic carbocycles.